The molecule has 2 rings (SSSR count). The number of aromatic nitrogens is 2. The van der Waals surface area contributed by atoms with E-state index in [1.54, 1.807) is 14.0 Å². The van der Waals surface area contributed by atoms with Crippen LogP contribution in [0.25, 0.3) is 0 Å². The molecule has 0 aliphatic heterocycles. The Hall–Kier alpha value is -2.41. The minimum absolute atomic E-state index is 0.0665. The van der Waals surface area contributed by atoms with Gasteiger partial charge in [-0.25, -0.2) is 0 Å². The van der Waals surface area contributed by atoms with Crippen LogP contribution in [0.3, 0.4) is 0 Å². The molecule has 1 atom stereocenters. The van der Waals surface area contributed by atoms with Crippen LogP contribution in [-0.2, 0) is 11.2 Å². The van der Waals surface area contributed by atoms with Gasteiger partial charge in [0.1, 0.15) is 5.75 Å². The van der Waals surface area contributed by atoms with Gasteiger partial charge < -0.3 is 19.5 Å². The summed E-state index contributed by atoms with van der Waals surface area (Å²) in [6, 6.07) is 7.89. The molecule has 7 heteroatoms. The fourth-order valence-corrected chi connectivity index (χ4v) is 2.25. The van der Waals surface area contributed by atoms with Crippen molar-refractivity contribution >= 4 is 5.91 Å². The van der Waals surface area contributed by atoms with Gasteiger partial charge in [-0.05, 0) is 31.8 Å². The van der Waals surface area contributed by atoms with Crippen LogP contribution in [0.1, 0.15) is 23.3 Å². The number of amides is 1. The van der Waals surface area contributed by atoms with Crippen LogP contribution < -0.4 is 10.1 Å². The number of carbonyl (C=O) groups is 1. The summed E-state index contributed by atoms with van der Waals surface area (Å²) in [7, 11) is 5.59. The molecular weight excluding hydrogens is 296 g/mol. The summed E-state index contributed by atoms with van der Waals surface area (Å²) in [5.41, 5.74) is 1.10. The Kier molecular flexibility index (Phi) is 5.70. The lowest BCUT2D eigenvalue weighted by Gasteiger charge is -2.25. The van der Waals surface area contributed by atoms with Gasteiger partial charge in [-0.3, -0.25) is 4.79 Å². The lowest BCUT2D eigenvalue weighted by Crippen LogP contribution is -2.35. The first-order valence-corrected chi connectivity index (χ1v) is 7.36. The standard InChI is InChI=1S/C16H22N4O3/c1-11-18-15(19-23-11)9-16(21)17-10-14(20(2)3)12-5-7-13(22-4)8-6-12/h5-8,14H,9-10H2,1-4H3,(H,17,21). The molecule has 0 fully saturated rings. The molecule has 0 aliphatic rings. The Balaban J connectivity index is 1.94. The van der Waals surface area contributed by atoms with E-state index in [4.69, 9.17) is 9.26 Å². The van der Waals surface area contributed by atoms with Crippen molar-refractivity contribution in [3.63, 3.8) is 0 Å². The lowest BCUT2D eigenvalue weighted by molar-refractivity contribution is -0.120. The van der Waals surface area contributed by atoms with Crippen LogP contribution in [-0.4, -0.2) is 48.7 Å². The number of rotatable bonds is 7. The summed E-state index contributed by atoms with van der Waals surface area (Å²) in [4.78, 5) is 18.1. The van der Waals surface area contributed by atoms with E-state index in [1.807, 2.05) is 38.4 Å². The molecule has 0 aliphatic carbocycles. The molecule has 0 bridgehead atoms. The highest BCUT2D eigenvalue weighted by Gasteiger charge is 2.16. The summed E-state index contributed by atoms with van der Waals surface area (Å²) in [6.07, 6.45) is 0.111. The number of ether oxygens (including phenoxy) is 1. The second-order valence-corrected chi connectivity index (χ2v) is 5.46. The Bertz CT molecular complexity index is 637. The van der Waals surface area contributed by atoms with Crippen molar-refractivity contribution in [2.24, 2.45) is 0 Å². The number of methoxy groups -OCH3 is 1. The Morgan fingerprint density at radius 1 is 1.35 bits per heavy atom. The molecule has 23 heavy (non-hydrogen) atoms. The summed E-state index contributed by atoms with van der Waals surface area (Å²) in [5.74, 6) is 1.52. The van der Waals surface area contributed by atoms with Crippen molar-refractivity contribution in [2.75, 3.05) is 27.7 Å². The van der Waals surface area contributed by atoms with E-state index in [1.165, 1.54) is 0 Å². The first-order valence-electron chi connectivity index (χ1n) is 7.36. The minimum atomic E-state index is -0.133. The minimum Gasteiger partial charge on any atom is -0.497 e. The molecule has 0 spiro atoms. The Labute approximate surface area is 135 Å². The monoisotopic (exact) mass is 318 g/mol. The van der Waals surface area contributed by atoms with Crippen molar-refractivity contribution < 1.29 is 14.1 Å². The quantitative estimate of drug-likeness (QED) is 0.830. The van der Waals surface area contributed by atoms with Crippen molar-refractivity contribution in [2.45, 2.75) is 19.4 Å². The van der Waals surface area contributed by atoms with Crippen LogP contribution in [0.4, 0.5) is 0 Å². The van der Waals surface area contributed by atoms with Crippen molar-refractivity contribution in [3.05, 3.63) is 41.5 Å². The second kappa shape index (κ2) is 7.73. The molecule has 0 radical (unpaired) electrons. The summed E-state index contributed by atoms with van der Waals surface area (Å²) in [6.45, 7) is 2.19. The van der Waals surface area contributed by atoms with Gasteiger partial charge in [0.05, 0.1) is 19.6 Å². The third-order valence-electron chi connectivity index (χ3n) is 3.50. The van der Waals surface area contributed by atoms with E-state index in [0.29, 0.717) is 18.3 Å². The molecule has 1 heterocycles. The van der Waals surface area contributed by atoms with Gasteiger partial charge in [-0.1, -0.05) is 17.3 Å². The first kappa shape index (κ1) is 17.0. The molecule has 1 aromatic carbocycles. The maximum Gasteiger partial charge on any atom is 0.227 e. The van der Waals surface area contributed by atoms with Crippen LogP contribution in [0, 0.1) is 6.92 Å². The topological polar surface area (TPSA) is 80.5 Å². The number of benzene rings is 1. The Morgan fingerprint density at radius 3 is 2.57 bits per heavy atom. The summed E-state index contributed by atoms with van der Waals surface area (Å²) >= 11 is 0. The van der Waals surface area contributed by atoms with Crippen LogP contribution in [0.2, 0.25) is 0 Å². The largest absolute Gasteiger partial charge is 0.497 e. The molecule has 0 saturated heterocycles. The molecule has 1 amide bonds. The second-order valence-electron chi connectivity index (χ2n) is 5.46. The van der Waals surface area contributed by atoms with Crippen molar-refractivity contribution in [1.29, 1.82) is 0 Å². The van der Waals surface area contributed by atoms with Gasteiger partial charge in [0.2, 0.25) is 11.8 Å². The summed E-state index contributed by atoms with van der Waals surface area (Å²) < 4.78 is 10.0. The molecule has 1 N–H and O–H groups in total. The first-order chi connectivity index (χ1) is 11.0. The van der Waals surface area contributed by atoms with Crippen molar-refractivity contribution in [1.82, 2.24) is 20.4 Å². The van der Waals surface area contributed by atoms with E-state index in [-0.39, 0.29) is 18.4 Å². The number of hydrogen-bond donors (Lipinski definition) is 1. The predicted molar refractivity (Wildman–Crippen MR) is 85.2 cm³/mol. The molecule has 124 valence electrons. The normalized spacial score (nSPS) is 12.2. The summed E-state index contributed by atoms with van der Waals surface area (Å²) in [5, 5.41) is 6.64. The zero-order chi connectivity index (χ0) is 16.8. The van der Waals surface area contributed by atoms with E-state index >= 15 is 0 Å². The molecule has 0 saturated carbocycles. The molecule has 2 aromatic rings. The van der Waals surface area contributed by atoms with Gasteiger partial charge in [-0.15, -0.1) is 0 Å². The number of likely N-dealkylation sites (N-methyl/N-ethyl adjacent to an activating group) is 1. The molecule has 1 aromatic heterocycles. The number of aryl methyl sites for hydroxylation is 1. The number of hydrogen-bond acceptors (Lipinski definition) is 6. The molecule has 7 nitrogen and oxygen atoms in total. The number of nitrogens with one attached hydrogen (secondary N) is 1. The maximum absolute atomic E-state index is 12.0. The van der Waals surface area contributed by atoms with E-state index in [2.05, 4.69) is 20.4 Å². The smallest absolute Gasteiger partial charge is 0.227 e. The highest BCUT2D eigenvalue weighted by atomic mass is 16.5. The lowest BCUT2D eigenvalue weighted by atomic mass is 10.1. The highest BCUT2D eigenvalue weighted by molar-refractivity contribution is 5.77. The fraction of sp³-hybridized carbons (Fsp3) is 0.438. The number of carbonyl (C=O) groups excluding carboxylic acids is 1. The van der Waals surface area contributed by atoms with Gasteiger partial charge in [-0.2, -0.15) is 4.98 Å². The average Bonchev–Trinajstić information content (AvgIpc) is 2.92. The Morgan fingerprint density at radius 2 is 2.04 bits per heavy atom. The number of nitrogens with zero attached hydrogens (tertiary/aromatic N) is 3. The van der Waals surface area contributed by atoms with E-state index < -0.39 is 0 Å². The third kappa shape index (κ3) is 4.79. The third-order valence-corrected chi connectivity index (χ3v) is 3.50. The predicted octanol–water partition coefficient (Wildman–Crippen LogP) is 1.35. The van der Waals surface area contributed by atoms with Crippen molar-refractivity contribution in [3.8, 4) is 5.75 Å². The molecule has 1 unspecified atom stereocenters. The SMILES string of the molecule is COc1ccc(C(CNC(=O)Cc2noc(C)n2)N(C)C)cc1. The zero-order valence-corrected chi connectivity index (χ0v) is 13.9. The van der Waals surface area contributed by atoms with E-state index in [9.17, 15) is 4.79 Å². The average molecular weight is 318 g/mol. The van der Waals surface area contributed by atoms with Gasteiger partial charge >= 0.3 is 0 Å². The van der Waals surface area contributed by atoms with Gasteiger partial charge in [0.25, 0.3) is 0 Å². The maximum atomic E-state index is 12.0. The van der Waals surface area contributed by atoms with Crippen LogP contribution in [0.15, 0.2) is 28.8 Å². The zero-order valence-electron chi connectivity index (χ0n) is 13.9. The molecular formula is C16H22N4O3. The van der Waals surface area contributed by atoms with Crippen LogP contribution >= 0.6 is 0 Å². The van der Waals surface area contributed by atoms with E-state index in [0.717, 1.165) is 11.3 Å². The van der Waals surface area contributed by atoms with Gasteiger partial charge in [0.15, 0.2) is 5.82 Å². The van der Waals surface area contributed by atoms with Gasteiger partial charge in [0, 0.05) is 13.5 Å². The fourth-order valence-electron chi connectivity index (χ4n) is 2.25. The highest BCUT2D eigenvalue weighted by Crippen LogP contribution is 2.20. The van der Waals surface area contributed by atoms with Crippen LogP contribution in [0.5, 0.6) is 5.75 Å².